The summed E-state index contributed by atoms with van der Waals surface area (Å²) < 4.78 is 34.9. The fourth-order valence-electron chi connectivity index (χ4n) is 5.55. The van der Waals surface area contributed by atoms with E-state index in [0.29, 0.717) is 16.9 Å². The van der Waals surface area contributed by atoms with Crippen molar-refractivity contribution < 1.29 is 59.1 Å². The molecule has 3 heterocycles. The number of benzene rings is 2. The summed E-state index contributed by atoms with van der Waals surface area (Å²) in [6.07, 6.45) is -8.81. The molecule has 0 aromatic heterocycles. The van der Waals surface area contributed by atoms with Gasteiger partial charge in [-0.2, -0.15) is 0 Å². The number of ether oxygens (including phenoxy) is 6. The average molecular weight is 537 g/mol. The van der Waals surface area contributed by atoms with E-state index in [9.17, 15) is 30.6 Å². The molecule has 3 aliphatic heterocycles. The molecule has 9 atom stereocenters. The topological polar surface area (TPSA) is 177 Å². The lowest BCUT2D eigenvalue weighted by Crippen LogP contribution is -2.61. The van der Waals surface area contributed by atoms with Crippen LogP contribution in [0.3, 0.4) is 0 Å². The Morgan fingerprint density at radius 1 is 0.868 bits per heavy atom. The van der Waals surface area contributed by atoms with Crippen LogP contribution in [0.2, 0.25) is 0 Å². The van der Waals surface area contributed by atoms with Gasteiger partial charge in [0, 0.05) is 5.92 Å². The Hall–Kier alpha value is -2.68. The van der Waals surface area contributed by atoms with Crippen LogP contribution in [0.15, 0.2) is 36.4 Å². The number of aliphatic hydroxyl groups is 4. The standard InChI is InChI=1S/C26H32O12/c1-33-17-6-4-12(7-16(17)29)23-14-10-35-24(13-3-5-15(28)18(8-13)34-2)26(14,11-36-23)38-25-22(32)21(31)20(30)19(9-27)37-25/h3-8,14,19-25,27-32H,9-11H2,1-2H3/t14-,19-,20-,21+,22-,23+,24+,25+,26+/m0/s1. The summed E-state index contributed by atoms with van der Waals surface area (Å²) in [5, 5.41) is 61.4. The molecule has 5 rings (SSSR count). The SMILES string of the molecule is COc1ccc([C@H]2OC[C@]3(O[C@H]4O[C@@H](CO)[C@H](O)[C@@H](O)[C@@H]4O)[C@@H](c4ccc(O)c(OC)c4)OC[C@@H]23)cc1O. The summed E-state index contributed by atoms with van der Waals surface area (Å²) >= 11 is 0. The zero-order chi connectivity index (χ0) is 27.2. The Labute approximate surface area is 218 Å². The summed E-state index contributed by atoms with van der Waals surface area (Å²) in [7, 11) is 2.86. The van der Waals surface area contributed by atoms with Crippen molar-refractivity contribution in [2.24, 2.45) is 5.92 Å². The van der Waals surface area contributed by atoms with Gasteiger partial charge in [0.25, 0.3) is 0 Å². The van der Waals surface area contributed by atoms with Crippen LogP contribution >= 0.6 is 0 Å². The zero-order valence-electron chi connectivity index (χ0n) is 20.8. The number of aliphatic hydroxyl groups excluding tert-OH is 4. The van der Waals surface area contributed by atoms with Gasteiger partial charge in [-0.05, 0) is 35.4 Å². The molecular formula is C26H32O12. The van der Waals surface area contributed by atoms with Crippen LogP contribution in [0.5, 0.6) is 23.0 Å². The number of hydrogen-bond acceptors (Lipinski definition) is 12. The summed E-state index contributed by atoms with van der Waals surface area (Å²) in [5.74, 6) is -0.100. The van der Waals surface area contributed by atoms with Gasteiger partial charge in [-0.25, -0.2) is 0 Å². The first-order chi connectivity index (χ1) is 18.2. The molecule has 0 amide bonds. The van der Waals surface area contributed by atoms with Gasteiger partial charge in [0.05, 0.1) is 40.1 Å². The van der Waals surface area contributed by atoms with Crippen molar-refractivity contribution >= 4 is 0 Å². The highest BCUT2D eigenvalue weighted by Gasteiger charge is 2.63. The Morgan fingerprint density at radius 2 is 1.61 bits per heavy atom. The van der Waals surface area contributed by atoms with E-state index in [0.717, 1.165) is 0 Å². The van der Waals surface area contributed by atoms with Crippen LogP contribution < -0.4 is 9.47 Å². The molecule has 2 aromatic rings. The molecule has 2 aromatic carbocycles. The minimum atomic E-state index is -1.64. The smallest absolute Gasteiger partial charge is 0.187 e. The van der Waals surface area contributed by atoms with Crippen LogP contribution in [0, 0.1) is 5.92 Å². The Morgan fingerprint density at radius 3 is 2.29 bits per heavy atom. The Kier molecular flexibility index (Phi) is 7.42. The van der Waals surface area contributed by atoms with Crippen molar-refractivity contribution in [2.45, 2.75) is 48.5 Å². The van der Waals surface area contributed by atoms with E-state index in [4.69, 9.17) is 28.4 Å². The predicted octanol–water partition coefficient (Wildman–Crippen LogP) is 0.129. The maximum Gasteiger partial charge on any atom is 0.187 e. The summed E-state index contributed by atoms with van der Waals surface area (Å²) in [6, 6.07) is 9.61. The molecule has 0 bridgehead atoms. The number of rotatable bonds is 7. The van der Waals surface area contributed by atoms with Gasteiger partial charge in [0.15, 0.2) is 29.3 Å². The molecule has 0 spiro atoms. The highest BCUT2D eigenvalue weighted by molar-refractivity contribution is 5.45. The third-order valence-corrected chi connectivity index (χ3v) is 7.59. The molecule has 6 N–H and O–H groups in total. The highest BCUT2D eigenvalue weighted by atomic mass is 16.7. The number of phenols is 2. The number of hydrogen-bond donors (Lipinski definition) is 6. The molecule has 0 radical (unpaired) electrons. The summed E-state index contributed by atoms with van der Waals surface area (Å²) in [6.45, 7) is -0.485. The van der Waals surface area contributed by atoms with Crippen LogP contribution in [-0.4, -0.2) is 101 Å². The van der Waals surface area contributed by atoms with Crippen molar-refractivity contribution in [3.8, 4) is 23.0 Å². The van der Waals surface area contributed by atoms with Crippen LogP contribution in [0.4, 0.5) is 0 Å². The van der Waals surface area contributed by atoms with Gasteiger partial charge in [-0.15, -0.1) is 0 Å². The monoisotopic (exact) mass is 536 g/mol. The summed E-state index contributed by atoms with van der Waals surface area (Å²) in [5.41, 5.74) is -0.0516. The van der Waals surface area contributed by atoms with Gasteiger partial charge in [0.2, 0.25) is 0 Å². The molecule has 0 saturated carbocycles. The van der Waals surface area contributed by atoms with E-state index < -0.39 is 61.0 Å². The molecule has 0 unspecified atom stereocenters. The molecular weight excluding hydrogens is 504 g/mol. The average Bonchev–Trinajstić information content (AvgIpc) is 3.46. The van der Waals surface area contributed by atoms with Crippen LogP contribution in [0.1, 0.15) is 23.3 Å². The fourth-order valence-corrected chi connectivity index (χ4v) is 5.55. The first-order valence-electron chi connectivity index (χ1n) is 12.2. The third kappa shape index (κ3) is 4.36. The van der Waals surface area contributed by atoms with Crippen molar-refractivity contribution in [3.05, 3.63) is 47.5 Å². The minimum absolute atomic E-state index is 0.0298. The van der Waals surface area contributed by atoms with E-state index in [2.05, 4.69) is 0 Å². The Bertz CT molecular complexity index is 1140. The normalized spacial score (nSPS) is 36.7. The van der Waals surface area contributed by atoms with Gasteiger partial charge in [-0.3, -0.25) is 0 Å². The molecule has 3 saturated heterocycles. The number of methoxy groups -OCH3 is 2. The molecule has 12 nitrogen and oxygen atoms in total. The van der Waals surface area contributed by atoms with E-state index in [1.165, 1.54) is 26.4 Å². The molecule has 208 valence electrons. The van der Waals surface area contributed by atoms with Crippen molar-refractivity contribution in [3.63, 3.8) is 0 Å². The molecule has 3 aliphatic rings. The van der Waals surface area contributed by atoms with Gasteiger partial charge >= 0.3 is 0 Å². The van der Waals surface area contributed by atoms with E-state index in [1.807, 2.05) is 0 Å². The lowest BCUT2D eigenvalue weighted by molar-refractivity contribution is -0.333. The zero-order valence-corrected chi connectivity index (χ0v) is 20.8. The second-order valence-corrected chi connectivity index (χ2v) is 9.68. The van der Waals surface area contributed by atoms with E-state index in [1.54, 1.807) is 24.3 Å². The quantitative estimate of drug-likeness (QED) is 0.282. The van der Waals surface area contributed by atoms with Crippen LogP contribution in [0.25, 0.3) is 0 Å². The lowest BCUT2D eigenvalue weighted by atomic mass is 9.80. The van der Waals surface area contributed by atoms with Crippen molar-refractivity contribution in [1.82, 2.24) is 0 Å². The lowest BCUT2D eigenvalue weighted by Gasteiger charge is -2.44. The largest absolute Gasteiger partial charge is 0.504 e. The second-order valence-electron chi connectivity index (χ2n) is 9.68. The van der Waals surface area contributed by atoms with Crippen molar-refractivity contribution in [1.29, 1.82) is 0 Å². The number of aromatic hydroxyl groups is 2. The Balaban J connectivity index is 1.53. The number of phenolic OH excluding ortho intramolecular Hbond substituents is 2. The predicted molar refractivity (Wildman–Crippen MR) is 128 cm³/mol. The third-order valence-electron chi connectivity index (χ3n) is 7.59. The number of fused-ring (bicyclic) bond motifs is 1. The second kappa shape index (κ2) is 10.5. The maximum absolute atomic E-state index is 10.7. The first kappa shape index (κ1) is 26.9. The van der Waals surface area contributed by atoms with E-state index in [-0.39, 0.29) is 30.5 Å². The van der Waals surface area contributed by atoms with Crippen molar-refractivity contribution in [2.75, 3.05) is 34.0 Å². The molecule has 3 fully saturated rings. The van der Waals surface area contributed by atoms with Gasteiger partial charge in [0.1, 0.15) is 36.1 Å². The van der Waals surface area contributed by atoms with Gasteiger partial charge in [-0.1, -0.05) is 12.1 Å². The highest BCUT2D eigenvalue weighted by Crippen LogP contribution is 2.56. The van der Waals surface area contributed by atoms with E-state index >= 15 is 0 Å². The van der Waals surface area contributed by atoms with Gasteiger partial charge < -0.3 is 59.1 Å². The fraction of sp³-hybridized carbons (Fsp3) is 0.538. The first-order valence-corrected chi connectivity index (χ1v) is 12.2. The molecule has 12 heteroatoms. The molecule has 0 aliphatic carbocycles. The molecule has 38 heavy (non-hydrogen) atoms. The summed E-state index contributed by atoms with van der Waals surface area (Å²) in [4.78, 5) is 0. The minimum Gasteiger partial charge on any atom is -0.504 e. The van der Waals surface area contributed by atoms with Crippen LogP contribution in [-0.2, 0) is 18.9 Å². The maximum atomic E-state index is 10.7.